The Kier molecular flexibility index (Phi) is 6.56. The summed E-state index contributed by atoms with van der Waals surface area (Å²) in [5.41, 5.74) is 6.86. The predicted molar refractivity (Wildman–Crippen MR) is 156 cm³/mol. The fraction of sp³-hybridized carbons (Fsp3) is 0.152. The van der Waals surface area contributed by atoms with Gasteiger partial charge in [0.2, 0.25) is 0 Å². The summed E-state index contributed by atoms with van der Waals surface area (Å²) in [5, 5.41) is 1.64. The van der Waals surface area contributed by atoms with Crippen molar-refractivity contribution in [1.29, 1.82) is 0 Å². The molecule has 0 aliphatic heterocycles. The number of hydrogen-bond acceptors (Lipinski definition) is 4. The molecular weight excluding hydrogens is 505 g/mol. The molecule has 2 heterocycles. The topological polar surface area (TPSA) is 69.1 Å². The summed E-state index contributed by atoms with van der Waals surface area (Å²) in [6.07, 6.45) is 4.20. The van der Waals surface area contributed by atoms with E-state index in [-0.39, 0.29) is 11.4 Å². The molecule has 0 amide bonds. The van der Waals surface area contributed by atoms with Crippen molar-refractivity contribution < 1.29 is 13.9 Å². The number of nitrogens with one attached hydrogen (secondary N) is 1. The third kappa shape index (κ3) is 4.71. The molecule has 0 saturated heterocycles. The molecule has 4 aromatic carbocycles. The van der Waals surface area contributed by atoms with E-state index in [0.29, 0.717) is 35.4 Å². The second kappa shape index (κ2) is 10.3. The minimum Gasteiger partial charge on any atom is -0.497 e. The number of nitrogens with zero attached hydrogens (tertiary/aromatic N) is 2. The van der Waals surface area contributed by atoms with Crippen LogP contribution in [0.4, 0.5) is 4.39 Å². The average Bonchev–Trinajstić information content (AvgIpc) is 3.37. The van der Waals surface area contributed by atoms with Crippen molar-refractivity contribution >= 4 is 21.8 Å². The van der Waals surface area contributed by atoms with Crippen molar-refractivity contribution in [2.75, 3.05) is 14.2 Å². The molecule has 0 atom stereocenters. The number of aromatic nitrogens is 3. The van der Waals surface area contributed by atoms with Gasteiger partial charge in [0.05, 0.1) is 38.0 Å². The van der Waals surface area contributed by atoms with E-state index in [1.165, 1.54) is 12.1 Å². The van der Waals surface area contributed by atoms with Crippen LogP contribution in [0.2, 0.25) is 0 Å². The minimum absolute atomic E-state index is 0.159. The van der Waals surface area contributed by atoms with Crippen LogP contribution in [0.1, 0.15) is 22.3 Å². The van der Waals surface area contributed by atoms with Gasteiger partial charge in [-0.3, -0.25) is 9.36 Å². The first kappa shape index (κ1) is 25.4. The number of fused-ring (bicyclic) bond motifs is 2. The Morgan fingerprint density at radius 3 is 2.40 bits per heavy atom. The minimum atomic E-state index is -0.301. The lowest BCUT2D eigenvalue weighted by Crippen LogP contribution is -2.21. The van der Waals surface area contributed by atoms with Crippen molar-refractivity contribution in [3.63, 3.8) is 0 Å². The highest BCUT2D eigenvalue weighted by molar-refractivity contribution is 5.95. The van der Waals surface area contributed by atoms with Gasteiger partial charge in [0, 0.05) is 28.7 Å². The second-order valence-corrected chi connectivity index (χ2v) is 9.93. The molecule has 0 spiro atoms. The monoisotopic (exact) mass is 533 g/mol. The van der Waals surface area contributed by atoms with Gasteiger partial charge in [0.1, 0.15) is 17.3 Å². The molecule has 0 saturated carbocycles. The molecule has 1 N–H and O–H groups in total. The van der Waals surface area contributed by atoms with E-state index in [1.807, 2.05) is 49.5 Å². The maximum absolute atomic E-state index is 14.0. The highest BCUT2D eigenvalue weighted by atomic mass is 19.1. The van der Waals surface area contributed by atoms with Gasteiger partial charge < -0.3 is 14.5 Å². The SMILES string of the molecule is COc1cc(Cn2cnc3c(-c4ccc(F)cc4C)cc(Cc4c[nH]c5ccccc45)cc3c2=O)cc(OC)c1. The zero-order valence-electron chi connectivity index (χ0n) is 22.5. The number of halogens is 1. The Morgan fingerprint density at radius 1 is 0.875 bits per heavy atom. The van der Waals surface area contributed by atoms with Gasteiger partial charge in [-0.05, 0) is 83.6 Å². The first-order valence-corrected chi connectivity index (χ1v) is 13.0. The van der Waals surface area contributed by atoms with Crippen LogP contribution in [-0.4, -0.2) is 28.8 Å². The summed E-state index contributed by atoms with van der Waals surface area (Å²) in [4.78, 5) is 22.0. The molecular formula is C33H28FN3O3. The molecule has 6 rings (SSSR count). The summed E-state index contributed by atoms with van der Waals surface area (Å²) >= 11 is 0. The van der Waals surface area contributed by atoms with E-state index < -0.39 is 0 Å². The zero-order chi connectivity index (χ0) is 27.8. The van der Waals surface area contributed by atoms with Gasteiger partial charge in [-0.1, -0.05) is 24.3 Å². The van der Waals surface area contributed by atoms with Gasteiger partial charge in [-0.2, -0.15) is 0 Å². The molecule has 7 heteroatoms. The smallest absolute Gasteiger partial charge is 0.261 e. The van der Waals surface area contributed by atoms with E-state index in [4.69, 9.17) is 14.5 Å². The van der Waals surface area contributed by atoms with Gasteiger partial charge in [0.15, 0.2) is 0 Å². The Balaban J connectivity index is 1.51. The van der Waals surface area contributed by atoms with Crippen molar-refractivity contribution in [3.8, 4) is 22.6 Å². The lowest BCUT2D eigenvalue weighted by Gasteiger charge is -2.14. The molecule has 200 valence electrons. The van der Waals surface area contributed by atoms with Crippen LogP contribution >= 0.6 is 0 Å². The largest absolute Gasteiger partial charge is 0.497 e. The molecule has 6 aromatic rings. The Morgan fingerprint density at radius 2 is 1.65 bits per heavy atom. The predicted octanol–water partition coefficient (Wildman–Crippen LogP) is 6.65. The summed E-state index contributed by atoms with van der Waals surface area (Å²) in [6.45, 7) is 2.17. The van der Waals surface area contributed by atoms with Crippen molar-refractivity contribution in [1.82, 2.24) is 14.5 Å². The van der Waals surface area contributed by atoms with Crippen LogP contribution in [0.15, 0.2) is 90.1 Å². The molecule has 0 aliphatic rings. The van der Waals surface area contributed by atoms with Crippen LogP contribution in [-0.2, 0) is 13.0 Å². The lowest BCUT2D eigenvalue weighted by molar-refractivity contribution is 0.393. The summed E-state index contributed by atoms with van der Waals surface area (Å²) in [6, 6.07) is 22.4. The average molecular weight is 534 g/mol. The van der Waals surface area contributed by atoms with Crippen LogP contribution in [0.3, 0.4) is 0 Å². The molecule has 0 aliphatic carbocycles. The van der Waals surface area contributed by atoms with E-state index >= 15 is 0 Å². The second-order valence-electron chi connectivity index (χ2n) is 9.93. The van der Waals surface area contributed by atoms with Crippen molar-refractivity contribution in [2.45, 2.75) is 19.9 Å². The van der Waals surface area contributed by atoms with E-state index in [1.54, 1.807) is 37.2 Å². The van der Waals surface area contributed by atoms with Crippen LogP contribution in [0, 0.1) is 12.7 Å². The van der Waals surface area contributed by atoms with Crippen LogP contribution < -0.4 is 15.0 Å². The maximum Gasteiger partial charge on any atom is 0.261 e. The number of aryl methyl sites for hydroxylation is 1. The number of benzene rings is 4. The molecule has 0 bridgehead atoms. The number of H-pyrrole nitrogens is 1. The summed E-state index contributed by atoms with van der Waals surface area (Å²) in [7, 11) is 3.19. The van der Waals surface area contributed by atoms with E-state index in [9.17, 15) is 9.18 Å². The third-order valence-electron chi connectivity index (χ3n) is 7.30. The molecule has 0 fully saturated rings. The first-order chi connectivity index (χ1) is 19.4. The number of ether oxygens (including phenoxy) is 2. The molecule has 40 heavy (non-hydrogen) atoms. The highest BCUT2D eigenvalue weighted by Gasteiger charge is 2.16. The summed E-state index contributed by atoms with van der Waals surface area (Å²) in [5.74, 6) is 0.988. The standard InChI is InChI=1S/C33H28FN3O3/c1-20-10-24(34)8-9-27(20)29-14-21(11-23-17-35-31-7-5-4-6-28(23)31)15-30-32(29)36-19-37(33(30)38)18-22-12-25(39-2)16-26(13-22)40-3/h4-10,12-17,19,35H,11,18H2,1-3H3. The molecule has 0 radical (unpaired) electrons. The van der Waals surface area contributed by atoms with Gasteiger partial charge >= 0.3 is 0 Å². The third-order valence-corrected chi connectivity index (χ3v) is 7.30. The highest BCUT2D eigenvalue weighted by Crippen LogP contribution is 2.32. The van der Waals surface area contributed by atoms with Crippen molar-refractivity contribution in [2.24, 2.45) is 0 Å². The van der Waals surface area contributed by atoms with Gasteiger partial charge in [-0.25, -0.2) is 9.37 Å². The number of methoxy groups -OCH3 is 2. The molecule has 6 nitrogen and oxygen atoms in total. The fourth-order valence-electron chi connectivity index (χ4n) is 5.33. The Bertz CT molecular complexity index is 1920. The molecule has 0 unspecified atom stereocenters. The Hall–Kier alpha value is -4.91. The Labute approximate surface area is 230 Å². The quantitative estimate of drug-likeness (QED) is 0.250. The van der Waals surface area contributed by atoms with Crippen molar-refractivity contribution in [3.05, 3.63) is 124 Å². The number of aromatic amines is 1. The number of hydrogen-bond donors (Lipinski definition) is 1. The van der Waals surface area contributed by atoms with E-state index in [0.717, 1.165) is 44.3 Å². The number of rotatable bonds is 7. The lowest BCUT2D eigenvalue weighted by atomic mass is 9.94. The van der Waals surface area contributed by atoms with Gasteiger partial charge in [0.25, 0.3) is 5.56 Å². The fourth-order valence-corrected chi connectivity index (χ4v) is 5.33. The zero-order valence-corrected chi connectivity index (χ0v) is 22.5. The summed E-state index contributed by atoms with van der Waals surface area (Å²) < 4.78 is 26.4. The normalized spacial score (nSPS) is 11.3. The van der Waals surface area contributed by atoms with Gasteiger partial charge in [-0.15, -0.1) is 0 Å². The van der Waals surface area contributed by atoms with Crippen LogP contribution in [0.5, 0.6) is 11.5 Å². The first-order valence-electron chi connectivity index (χ1n) is 13.0. The number of para-hydroxylation sites is 1. The molecule has 2 aromatic heterocycles. The maximum atomic E-state index is 14.0. The van der Waals surface area contributed by atoms with E-state index in [2.05, 4.69) is 17.1 Å². The van der Waals surface area contributed by atoms with Crippen LogP contribution in [0.25, 0.3) is 32.9 Å².